The summed E-state index contributed by atoms with van der Waals surface area (Å²) in [6.45, 7) is 0.135. The van der Waals surface area contributed by atoms with Gasteiger partial charge in [-0.25, -0.2) is 8.42 Å². The Balaban J connectivity index is 1.84. The molecule has 1 N–H and O–H groups in total. The van der Waals surface area contributed by atoms with Crippen LogP contribution in [0.1, 0.15) is 23.0 Å². The molecule has 1 aliphatic rings. The van der Waals surface area contributed by atoms with Gasteiger partial charge in [-0.1, -0.05) is 12.1 Å². The Kier molecular flexibility index (Phi) is 4.14. The lowest BCUT2D eigenvalue weighted by Crippen LogP contribution is -2.32. The van der Waals surface area contributed by atoms with Gasteiger partial charge in [0, 0.05) is 17.3 Å². The molecule has 0 saturated heterocycles. The van der Waals surface area contributed by atoms with Gasteiger partial charge in [0.1, 0.15) is 9.46 Å². The van der Waals surface area contributed by atoms with Crippen molar-refractivity contribution < 1.29 is 13.2 Å². The number of thiophene rings is 2. The van der Waals surface area contributed by atoms with Gasteiger partial charge >= 0.3 is 0 Å². The predicted octanol–water partition coefficient (Wildman–Crippen LogP) is 2.85. The molecular formula is C14H15NO3S3. The lowest BCUT2D eigenvalue weighted by atomic mass is 10.3. The third kappa shape index (κ3) is 3.20. The minimum Gasteiger partial charge on any atom is -0.354 e. The zero-order valence-corrected chi connectivity index (χ0v) is 13.6. The van der Waals surface area contributed by atoms with E-state index >= 15 is 0 Å². The second-order valence-electron chi connectivity index (χ2n) is 5.00. The Morgan fingerprint density at radius 1 is 1.24 bits per heavy atom. The largest absolute Gasteiger partial charge is 0.354 e. The first-order chi connectivity index (χ1) is 10.1. The zero-order chi connectivity index (χ0) is 14.9. The number of carbonyl (C=O) groups is 1. The minimum atomic E-state index is -3.47. The van der Waals surface area contributed by atoms with Crippen LogP contribution in [0.4, 0.5) is 0 Å². The summed E-state index contributed by atoms with van der Waals surface area (Å²) in [5, 5.41) is 5.69. The number of hydrogen-bond donors (Lipinski definition) is 1. The summed E-state index contributed by atoms with van der Waals surface area (Å²) in [5.74, 6) is 0.0522. The first-order valence-corrected chi connectivity index (χ1v) is 9.98. The summed E-state index contributed by atoms with van der Waals surface area (Å²) in [4.78, 5) is 12.6. The van der Waals surface area contributed by atoms with Gasteiger partial charge in [0.05, 0.1) is 0 Å². The minimum absolute atomic E-state index is 0.0297. The number of nitrogens with one attached hydrogen (secondary N) is 1. The molecule has 1 saturated carbocycles. The summed E-state index contributed by atoms with van der Waals surface area (Å²) < 4.78 is 25.9. The topological polar surface area (TPSA) is 63.2 Å². The normalized spacial score (nSPS) is 16.6. The monoisotopic (exact) mass is 341 g/mol. The summed E-state index contributed by atoms with van der Waals surface area (Å²) in [5.41, 5.74) is 0. The van der Waals surface area contributed by atoms with Crippen LogP contribution in [0.15, 0.2) is 39.2 Å². The number of amides is 1. The van der Waals surface area contributed by atoms with Gasteiger partial charge in [-0.15, -0.1) is 22.7 Å². The number of hydrogen-bond acceptors (Lipinski definition) is 5. The molecule has 1 aliphatic carbocycles. The number of carbonyl (C=O) groups excluding carboxylic acids is 1. The van der Waals surface area contributed by atoms with Crippen LogP contribution < -0.4 is 5.32 Å². The maximum absolute atomic E-state index is 12.8. The molecule has 3 rings (SSSR count). The van der Waals surface area contributed by atoms with Gasteiger partial charge in [0.15, 0.2) is 9.84 Å². The molecular weight excluding hydrogens is 326 g/mol. The van der Waals surface area contributed by atoms with Gasteiger partial charge < -0.3 is 5.32 Å². The molecule has 2 aromatic heterocycles. The van der Waals surface area contributed by atoms with Crippen molar-refractivity contribution in [2.75, 3.05) is 6.54 Å². The Morgan fingerprint density at radius 2 is 1.95 bits per heavy atom. The van der Waals surface area contributed by atoms with Crippen molar-refractivity contribution in [1.82, 2.24) is 5.32 Å². The highest BCUT2D eigenvalue weighted by atomic mass is 32.2. The second kappa shape index (κ2) is 5.90. The summed E-state index contributed by atoms with van der Waals surface area (Å²) in [6.07, 6.45) is 1.82. The maximum Gasteiger partial charge on any atom is 0.223 e. The highest BCUT2D eigenvalue weighted by Crippen LogP contribution is 2.34. The Bertz CT molecular complexity index is 701. The van der Waals surface area contributed by atoms with Gasteiger partial charge in [-0.2, -0.15) is 0 Å². The highest BCUT2D eigenvalue weighted by molar-refractivity contribution is 7.93. The van der Waals surface area contributed by atoms with Crippen LogP contribution >= 0.6 is 22.7 Å². The molecule has 1 atom stereocenters. The quantitative estimate of drug-likeness (QED) is 0.879. The molecule has 21 heavy (non-hydrogen) atoms. The third-order valence-electron chi connectivity index (χ3n) is 3.42. The van der Waals surface area contributed by atoms with Crippen LogP contribution in [0.25, 0.3) is 0 Å². The van der Waals surface area contributed by atoms with Crippen molar-refractivity contribution in [3.8, 4) is 0 Å². The van der Waals surface area contributed by atoms with Crippen LogP contribution in [-0.4, -0.2) is 20.9 Å². The fourth-order valence-electron chi connectivity index (χ4n) is 2.09. The highest BCUT2D eigenvalue weighted by Gasteiger charge is 2.34. The Morgan fingerprint density at radius 3 is 2.52 bits per heavy atom. The van der Waals surface area contributed by atoms with Crippen molar-refractivity contribution in [3.63, 3.8) is 0 Å². The number of rotatable bonds is 6. The van der Waals surface area contributed by atoms with E-state index in [4.69, 9.17) is 0 Å². The Labute approximate surface area is 131 Å². The van der Waals surface area contributed by atoms with Crippen molar-refractivity contribution in [3.05, 3.63) is 39.9 Å². The lowest BCUT2D eigenvalue weighted by molar-refractivity contribution is -0.122. The van der Waals surface area contributed by atoms with Crippen molar-refractivity contribution in [1.29, 1.82) is 0 Å². The van der Waals surface area contributed by atoms with Crippen molar-refractivity contribution >= 4 is 38.4 Å². The molecule has 0 aromatic carbocycles. The molecule has 0 radical (unpaired) electrons. The Hall–Kier alpha value is -1.18. The smallest absolute Gasteiger partial charge is 0.223 e. The molecule has 2 aromatic rings. The standard InChI is InChI=1S/C14H15NO3S3/c16-14(10-5-6-10)15-9-12(11-3-1-7-19-11)21(17,18)13-4-2-8-20-13/h1-4,7-8,10,12H,5-6,9H2,(H,15,16)/t12-/m0/s1. The lowest BCUT2D eigenvalue weighted by Gasteiger charge is -2.16. The van der Waals surface area contributed by atoms with E-state index in [2.05, 4.69) is 5.32 Å². The third-order valence-corrected chi connectivity index (χ3v) is 8.07. The molecule has 0 unspecified atom stereocenters. The van der Waals surface area contributed by atoms with E-state index in [0.29, 0.717) is 4.21 Å². The second-order valence-corrected chi connectivity index (χ2v) is 9.28. The molecule has 112 valence electrons. The summed E-state index contributed by atoms with van der Waals surface area (Å²) in [6, 6.07) is 6.98. The van der Waals surface area contributed by atoms with Gasteiger partial charge in [-0.05, 0) is 35.7 Å². The van der Waals surface area contributed by atoms with E-state index < -0.39 is 15.1 Å². The van der Waals surface area contributed by atoms with Gasteiger partial charge in [0.2, 0.25) is 5.91 Å². The van der Waals surface area contributed by atoms with Crippen LogP contribution in [0.5, 0.6) is 0 Å². The average Bonchev–Trinajstić information content (AvgIpc) is 2.95. The van der Waals surface area contributed by atoms with Crippen LogP contribution in [0.2, 0.25) is 0 Å². The van der Waals surface area contributed by atoms with Crippen molar-refractivity contribution in [2.45, 2.75) is 22.3 Å². The van der Waals surface area contributed by atoms with Crippen LogP contribution in [0, 0.1) is 5.92 Å². The van der Waals surface area contributed by atoms with E-state index in [1.165, 1.54) is 22.7 Å². The molecule has 0 aliphatic heterocycles. The van der Waals surface area contributed by atoms with E-state index in [1.54, 1.807) is 17.5 Å². The molecule has 0 bridgehead atoms. The SMILES string of the molecule is O=C(NC[C@@H](c1cccs1)S(=O)(=O)c1cccs1)C1CC1. The zero-order valence-electron chi connectivity index (χ0n) is 11.2. The molecule has 7 heteroatoms. The van der Waals surface area contributed by atoms with Crippen molar-refractivity contribution in [2.24, 2.45) is 5.92 Å². The summed E-state index contributed by atoms with van der Waals surface area (Å²) in [7, 11) is -3.47. The fourth-order valence-corrected chi connectivity index (χ4v) is 6.08. The molecule has 1 fully saturated rings. The maximum atomic E-state index is 12.8. The van der Waals surface area contributed by atoms with E-state index in [-0.39, 0.29) is 18.4 Å². The first-order valence-electron chi connectivity index (χ1n) is 6.67. The van der Waals surface area contributed by atoms with Crippen LogP contribution in [-0.2, 0) is 14.6 Å². The van der Waals surface area contributed by atoms with Crippen LogP contribution in [0.3, 0.4) is 0 Å². The van der Waals surface area contributed by atoms with Gasteiger partial charge in [0.25, 0.3) is 0 Å². The summed E-state index contributed by atoms with van der Waals surface area (Å²) >= 11 is 2.62. The van der Waals surface area contributed by atoms with E-state index in [9.17, 15) is 13.2 Å². The molecule has 1 amide bonds. The predicted molar refractivity (Wildman–Crippen MR) is 84.3 cm³/mol. The van der Waals surface area contributed by atoms with Gasteiger partial charge in [-0.3, -0.25) is 4.79 Å². The molecule has 4 nitrogen and oxygen atoms in total. The molecule has 0 spiro atoms. The average molecular weight is 341 g/mol. The number of sulfone groups is 1. The fraction of sp³-hybridized carbons (Fsp3) is 0.357. The first kappa shape index (κ1) is 14.7. The molecule has 2 heterocycles. The van der Waals surface area contributed by atoms with E-state index in [1.807, 2.05) is 17.5 Å². The van der Waals surface area contributed by atoms with E-state index in [0.717, 1.165) is 17.7 Å².